The number of nitrogens with one attached hydrogen (secondary N) is 2. The lowest BCUT2D eigenvalue weighted by Crippen LogP contribution is -2.32. The van der Waals surface area contributed by atoms with Crippen LogP contribution in [0.5, 0.6) is 0 Å². The van der Waals surface area contributed by atoms with E-state index in [0.717, 1.165) is 16.8 Å². The second-order valence-corrected chi connectivity index (χ2v) is 5.30. The van der Waals surface area contributed by atoms with Gasteiger partial charge in [0.05, 0.1) is 6.54 Å². The zero-order valence-electron chi connectivity index (χ0n) is 13.3. The van der Waals surface area contributed by atoms with Gasteiger partial charge in [0, 0.05) is 37.5 Å². The van der Waals surface area contributed by atoms with E-state index in [9.17, 15) is 27.6 Å². The minimum atomic E-state index is -4.51. The molecule has 1 amide bonds. The predicted molar refractivity (Wildman–Crippen MR) is 80.9 cm³/mol. The number of hydrogen-bond acceptors (Lipinski definition) is 4. The molecule has 136 valence electrons. The smallest absolute Gasteiger partial charge is 0.354 e. The molecule has 2 heterocycles. The number of carbonyl (C=O) groups excluding carboxylic acids is 1. The van der Waals surface area contributed by atoms with Crippen molar-refractivity contribution >= 4 is 5.91 Å². The number of H-pyrrole nitrogens is 1. The van der Waals surface area contributed by atoms with Crippen LogP contribution < -0.4 is 16.6 Å². The summed E-state index contributed by atoms with van der Waals surface area (Å²) in [6.45, 7) is 1.75. The first-order chi connectivity index (χ1) is 11.7. The van der Waals surface area contributed by atoms with E-state index in [1.807, 2.05) is 0 Å². The third kappa shape index (κ3) is 5.06. The van der Waals surface area contributed by atoms with Crippen molar-refractivity contribution in [2.45, 2.75) is 32.6 Å². The Bertz CT molecular complexity index is 866. The van der Waals surface area contributed by atoms with Gasteiger partial charge < -0.3 is 9.88 Å². The maximum atomic E-state index is 12.6. The van der Waals surface area contributed by atoms with E-state index in [-0.39, 0.29) is 32.0 Å². The Balaban J connectivity index is 1.82. The molecule has 2 aromatic heterocycles. The van der Waals surface area contributed by atoms with Crippen LogP contribution in [0.2, 0.25) is 0 Å². The summed E-state index contributed by atoms with van der Waals surface area (Å²) in [5, 5.41) is 5.99. The first-order valence-electron chi connectivity index (χ1n) is 7.35. The van der Waals surface area contributed by atoms with Gasteiger partial charge in [0.25, 0.3) is 5.56 Å². The second kappa shape index (κ2) is 7.36. The molecule has 11 heteroatoms. The number of aromatic nitrogens is 4. The molecule has 0 atom stereocenters. The highest BCUT2D eigenvalue weighted by Gasteiger charge is 2.34. The second-order valence-electron chi connectivity index (χ2n) is 5.30. The molecule has 8 nitrogen and oxygen atoms in total. The molecule has 2 rings (SSSR count). The van der Waals surface area contributed by atoms with Gasteiger partial charge in [-0.2, -0.15) is 18.3 Å². The van der Waals surface area contributed by atoms with Gasteiger partial charge in [-0.15, -0.1) is 0 Å². The number of amides is 1. The average molecular weight is 359 g/mol. The third-order valence-corrected chi connectivity index (χ3v) is 3.39. The maximum absolute atomic E-state index is 12.6. The highest BCUT2D eigenvalue weighted by Crippen LogP contribution is 2.28. The van der Waals surface area contributed by atoms with E-state index in [1.54, 1.807) is 0 Å². The summed E-state index contributed by atoms with van der Waals surface area (Å²) in [6, 6.07) is 2.10. The van der Waals surface area contributed by atoms with Gasteiger partial charge in [-0.1, -0.05) is 0 Å². The zero-order chi connectivity index (χ0) is 18.6. The number of aryl methyl sites for hydroxylation is 2. The predicted octanol–water partition coefficient (Wildman–Crippen LogP) is 0.267. The van der Waals surface area contributed by atoms with Crippen molar-refractivity contribution in [1.29, 1.82) is 0 Å². The third-order valence-electron chi connectivity index (χ3n) is 3.39. The largest absolute Gasteiger partial charge is 0.435 e. The summed E-state index contributed by atoms with van der Waals surface area (Å²) in [6.07, 6.45) is -3.25. The summed E-state index contributed by atoms with van der Waals surface area (Å²) in [5.74, 6) is -0.376. The van der Waals surface area contributed by atoms with Crippen LogP contribution >= 0.6 is 0 Å². The lowest BCUT2D eigenvalue weighted by Gasteiger charge is -2.08. The molecular formula is C14H16F3N5O3. The number of halogens is 3. The van der Waals surface area contributed by atoms with Gasteiger partial charge in [0.15, 0.2) is 5.69 Å². The number of aromatic amines is 1. The van der Waals surface area contributed by atoms with Gasteiger partial charge in [-0.25, -0.2) is 4.79 Å². The average Bonchev–Trinajstić information content (AvgIpc) is 2.88. The summed E-state index contributed by atoms with van der Waals surface area (Å²) in [7, 11) is 0. The van der Waals surface area contributed by atoms with Crippen molar-refractivity contribution in [3.63, 3.8) is 0 Å². The molecule has 0 bridgehead atoms. The van der Waals surface area contributed by atoms with E-state index >= 15 is 0 Å². The maximum Gasteiger partial charge on any atom is 0.435 e. The monoisotopic (exact) mass is 359 g/mol. The van der Waals surface area contributed by atoms with E-state index in [0.29, 0.717) is 5.69 Å². The molecule has 0 saturated carbocycles. The quantitative estimate of drug-likeness (QED) is 0.773. The Morgan fingerprint density at radius 1 is 1.32 bits per heavy atom. The minimum absolute atomic E-state index is 0.0160. The molecule has 0 aliphatic carbocycles. The molecule has 2 aromatic rings. The van der Waals surface area contributed by atoms with E-state index in [2.05, 4.69) is 15.4 Å². The summed E-state index contributed by atoms with van der Waals surface area (Å²) in [5.41, 5.74) is -1.79. The summed E-state index contributed by atoms with van der Waals surface area (Å²) < 4.78 is 40.0. The van der Waals surface area contributed by atoms with Crippen LogP contribution in [0, 0.1) is 6.92 Å². The Hall–Kier alpha value is -2.85. The summed E-state index contributed by atoms with van der Waals surface area (Å²) >= 11 is 0. The lowest BCUT2D eigenvalue weighted by molar-refractivity contribution is -0.141. The molecule has 0 radical (unpaired) electrons. The molecule has 2 N–H and O–H groups in total. The SMILES string of the molecule is Cc1cc(C(F)(F)F)nn1CCNC(=O)CCn1ccc(=O)[nH]c1=O. The standard InChI is InChI=1S/C14H16F3N5O3/c1-9-8-10(14(15,16)17)20-22(9)7-4-18-11(23)2-5-21-6-3-12(24)19-13(21)25/h3,6,8H,2,4-5,7H2,1H3,(H,18,23)(H,19,24,25). The van der Waals surface area contributed by atoms with Gasteiger partial charge in [0.2, 0.25) is 5.91 Å². The van der Waals surface area contributed by atoms with Crippen LogP contribution in [0.4, 0.5) is 13.2 Å². The van der Waals surface area contributed by atoms with E-state index < -0.39 is 23.1 Å². The fourth-order valence-corrected chi connectivity index (χ4v) is 2.11. The Morgan fingerprint density at radius 3 is 2.64 bits per heavy atom. The van der Waals surface area contributed by atoms with Crippen LogP contribution in [-0.4, -0.2) is 31.8 Å². The number of hydrogen-bond donors (Lipinski definition) is 2. The normalized spacial score (nSPS) is 11.5. The highest BCUT2D eigenvalue weighted by molar-refractivity contribution is 5.75. The van der Waals surface area contributed by atoms with Crippen LogP contribution in [0.25, 0.3) is 0 Å². The number of alkyl halides is 3. The Morgan fingerprint density at radius 2 is 2.04 bits per heavy atom. The van der Waals surface area contributed by atoms with Crippen molar-refractivity contribution in [3.8, 4) is 0 Å². The van der Waals surface area contributed by atoms with Crippen LogP contribution in [0.15, 0.2) is 27.9 Å². The molecule has 0 aliphatic rings. The molecular weight excluding hydrogens is 343 g/mol. The van der Waals surface area contributed by atoms with E-state index in [1.165, 1.54) is 17.7 Å². The van der Waals surface area contributed by atoms with Gasteiger partial charge in [-0.05, 0) is 13.0 Å². The fraction of sp³-hybridized carbons (Fsp3) is 0.429. The minimum Gasteiger partial charge on any atom is -0.354 e. The van der Waals surface area contributed by atoms with Crippen molar-refractivity contribution in [2.75, 3.05) is 6.54 Å². The number of nitrogens with zero attached hydrogens (tertiary/aromatic N) is 3. The Labute approximate surface area is 139 Å². The fourth-order valence-electron chi connectivity index (χ4n) is 2.11. The Kier molecular flexibility index (Phi) is 5.45. The number of rotatable bonds is 6. The zero-order valence-corrected chi connectivity index (χ0v) is 13.3. The van der Waals surface area contributed by atoms with Crippen molar-refractivity contribution in [2.24, 2.45) is 0 Å². The van der Waals surface area contributed by atoms with Gasteiger partial charge >= 0.3 is 11.9 Å². The van der Waals surface area contributed by atoms with Crippen molar-refractivity contribution in [1.82, 2.24) is 24.6 Å². The lowest BCUT2D eigenvalue weighted by atomic mass is 10.3. The van der Waals surface area contributed by atoms with Crippen molar-refractivity contribution in [3.05, 3.63) is 50.6 Å². The summed E-state index contributed by atoms with van der Waals surface area (Å²) in [4.78, 5) is 36.2. The molecule has 0 fully saturated rings. The highest BCUT2D eigenvalue weighted by atomic mass is 19.4. The number of carbonyl (C=O) groups is 1. The van der Waals surface area contributed by atoms with Crippen LogP contribution in [0.1, 0.15) is 17.8 Å². The topological polar surface area (TPSA) is 102 Å². The molecule has 0 saturated heterocycles. The van der Waals surface area contributed by atoms with Crippen molar-refractivity contribution < 1.29 is 18.0 Å². The van der Waals surface area contributed by atoms with Crippen LogP contribution in [-0.2, 0) is 24.1 Å². The van der Waals surface area contributed by atoms with Gasteiger partial charge in [0.1, 0.15) is 0 Å². The van der Waals surface area contributed by atoms with Crippen LogP contribution in [0.3, 0.4) is 0 Å². The first-order valence-corrected chi connectivity index (χ1v) is 7.35. The first kappa shape index (κ1) is 18.5. The molecule has 0 aromatic carbocycles. The molecule has 25 heavy (non-hydrogen) atoms. The van der Waals surface area contributed by atoms with Gasteiger partial charge in [-0.3, -0.25) is 19.3 Å². The molecule has 0 unspecified atom stereocenters. The molecule has 0 aliphatic heterocycles. The molecule has 0 spiro atoms. The van der Waals surface area contributed by atoms with E-state index in [4.69, 9.17) is 0 Å².